The first kappa shape index (κ1) is 15.2. The molecule has 3 aromatic rings. The predicted octanol–water partition coefficient (Wildman–Crippen LogP) is 3.61. The Labute approximate surface area is 145 Å². The van der Waals surface area contributed by atoms with Gasteiger partial charge in [0.25, 0.3) is 0 Å². The van der Waals surface area contributed by atoms with Gasteiger partial charge in [-0.05, 0) is 43.2 Å². The molecule has 6 nitrogen and oxygen atoms in total. The molecule has 0 unspecified atom stereocenters. The van der Waals surface area contributed by atoms with Crippen LogP contribution in [0.1, 0.15) is 30.0 Å². The number of ether oxygens (including phenoxy) is 1. The lowest BCUT2D eigenvalue weighted by atomic mass is 10.1. The smallest absolute Gasteiger partial charge is 0.217 e. The Morgan fingerprint density at radius 1 is 1.24 bits per heavy atom. The van der Waals surface area contributed by atoms with E-state index in [9.17, 15) is 5.26 Å². The van der Waals surface area contributed by atoms with E-state index in [0.717, 1.165) is 11.3 Å². The monoisotopic (exact) mass is 331 g/mol. The summed E-state index contributed by atoms with van der Waals surface area (Å²) in [6, 6.07) is 14.8. The number of aromatic nitrogens is 3. The fraction of sp³-hybridized carbons (Fsp3) is 0.211. The third-order valence-electron chi connectivity index (χ3n) is 4.22. The molecule has 1 fully saturated rings. The zero-order valence-electron chi connectivity index (χ0n) is 13.8. The molecular weight excluding hydrogens is 314 g/mol. The first-order chi connectivity index (χ1) is 12.1. The van der Waals surface area contributed by atoms with E-state index in [0.29, 0.717) is 34.6 Å². The maximum Gasteiger partial charge on any atom is 0.217 e. The standard InChI is InChI=1S/C19H17N5O/c1-24-19(10-16(23-24)13-6-7-13)25-17-9-12(11-20)5-8-14(17)15-3-2-4-18(21)22-15/h2-5,8-10,13H,6-7H2,1H3,(H2,21,22). The van der Waals surface area contributed by atoms with Crippen LogP contribution in [0.15, 0.2) is 42.5 Å². The lowest BCUT2D eigenvalue weighted by Crippen LogP contribution is -1.98. The van der Waals surface area contributed by atoms with Crippen LogP contribution in [-0.4, -0.2) is 14.8 Å². The molecular formula is C19H17N5O. The van der Waals surface area contributed by atoms with Crippen molar-refractivity contribution in [3.05, 3.63) is 53.7 Å². The molecule has 1 aliphatic rings. The van der Waals surface area contributed by atoms with Crippen LogP contribution < -0.4 is 10.5 Å². The van der Waals surface area contributed by atoms with Crippen molar-refractivity contribution in [3.8, 4) is 29.0 Å². The second-order valence-corrected chi connectivity index (χ2v) is 6.18. The number of benzene rings is 1. The summed E-state index contributed by atoms with van der Waals surface area (Å²) in [6.45, 7) is 0. The molecule has 2 heterocycles. The maximum absolute atomic E-state index is 9.21. The zero-order valence-corrected chi connectivity index (χ0v) is 13.8. The molecule has 2 aromatic heterocycles. The quantitative estimate of drug-likeness (QED) is 0.789. The third kappa shape index (κ3) is 3.04. The summed E-state index contributed by atoms with van der Waals surface area (Å²) in [5.41, 5.74) is 8.85. The van der Waals surface area contributed by atoms with Crippen molar-refractivity contribution in [2.75, 3.05) is 5.73 Å². The number of nitrogens with zero attached hydrogens (tertiary/aromatic N) is 4. The fourth-order valence-electron chi connectivity index (χ4n) is 2.75. The van der Waals surface area contributed by atoms with Crippen molar-refractivity contribution in [1.29, 1.82) is 5.26 Å². The van der Waals surface area contributed by atoms with Crippen LogP contribution >= 0.6 is 0 Å². The summed E-state index contributed by atoms with van der Waals surface area (Å²) in [4.78, 5) is 4.36. The van der Waals surface area contributed by atoms with E-state index in [-0.39, 0.29) is 0 Å². The van der Waals surface area contributed by atoms with Crippen molar-refractivity contribution in [3.63, 3.8) is 0 Å². The van der Waals surface area contributed by atoms with Crippen LogP contribution in [0.2, 0.25) is 0 Å². The highest BCUT2D eigenvalue weighted by Crippen LogP contribution is 2.41. The molecule has 1 aromatic carbocycles. The molecule has 0 bridgehead atoms. The van der Waals surface area contributed by atoms with Gasteiger partial charge in [0.2, 0.25) is 5.88 Å². The predicted molar refractivity (Wildman–Crippen MR) is 94.1 cm³/mol. The number of nitrogens with two attached hydrogens (primary N) is 1. The molecule has 0 atom stereocenters. The Kier molecular flexibility index (Phi) is 3.62. The van der Waals surface area contributed by atoms with Crippen molar-refractivity contribution >= 4 is 5.82 Å². The maximum atomic E-state index is 9.21. The van der Waals surface area contributed by atoms with Gasteiger partial charge in [0.05, 0.1) is 23.0 Å². The summed E-state index contributed by atoms with van der Waals surface area (Å²) < 4.78 is 7.83. The Morgan fingerprint density at radius 3 is 2.80 bits per heavy atom. The number of rotatable bonds is 4. The molecule has 4 rings (SSSR count). The summed E-state index contributed by atoms with van der Waals surface area (Å²) in [6.07, 6.45) is 2.36. The first-order valence-corrected chi connectivity index (χ1v) is 8.13. The van der Waals surface area contributed by atoms with Gasteiger partial charge in [0.15, 0.2) is 0 Å². The zero-order chi connectivity index (χ0) is 17.4. The van der Waals surface area contributed by atoms with Gasteiger partial charge in [-0.15, -0.1) is 0 Å². The topological polar surface area (TPSA) is 89.8 Å². The second kappa shape index (κ2) is 5.95. The van der Waals surface area contributed by atoms with E-state index >= 15 is 0 Å². The van der Waals surface area contributed by atoms with E-state index in [4.69, 9.17) is 10.5 Å². The van der Waals surface area contributed by atoms with E-state index in [1.807, 2.05) is 31.3 Å². The average molecular weight is 331 g/mol. The van der Waals surface area contributed by atoms with Gasteiger partial charge in [-0.3, -0.25) is 0 Å². The molecule has 25 heavy (non-hydrogen) atoms. The van der Waals surface area contributed by atoms with E-state index in [1.165, 1.54) is 12.8 Å². The van der Waals surface area contributed by atoms with Crippen molar-refractivity contribution in [2.24, 2.45) is 7.05 Å². The fourth-order valence-corrected chi connectivity index (χ4v) is 2.75. The molecule has 0 amide bonds. The Balaban J connectivity index is 1.76. The van der Waals surface area contributed by atoms with Gasteiger partial charge in [-0.25, -0.2) is 9.67 Å². The molecule has 1 aliphatic carbocycles. The minimum Gasteiger partial charge on any atom is -0.439 e. The summed E-state index contributed by atoms with van der Waals surface area (Å²) in [5.74, 6) is 2.18. The number of nitrogen functional groups attached to an aromatic ring is 1. The van der Waals surface area contributed by atoms with Crippen LogP contribution in [0.25, 0.3) is 11.3 Å². The average Bonchev–Trinajstić information content (AvgIpc) is 3.40. The van der Waals surface area contributed by atoms with E-state index < -0.39 is 0 Å². The van der Waals surface area contributed by atoms with Gasteiger partial charge in [-0.1, -0.05) is 6.07 Å². The number of aryl methyl sites for hydroxylation is 1. The van der Waals surface area contributed by atoms with Gasteiger partial charge in [0, 0.05) is 24.6 Å². The second-order valence-electron chi connectivity index (χ2n) is 6.18. The summed E-state index contributed by atoms with van der Waals surface area (Å²) in [7, 11) is 1.85. The Morgan fingerprint density at radius 2 is 2.08 bits per heavy atom. The highest BCUT2D eigenvalue weighted by molar-refractivity contribution is 5.70. The Hall–Kier alpha value is -3.33. The lowest BCUT2D eigenvalue weighted by Gasteiger charge is -2.11. The number of anilines is 1. The highest BCUT2D eigenvalue weighted by atomic mass is 16.5. The normalized spacial score (nSPS) is 13.4. The number of hydrogen-bond donors (Lipinski definition) is 1. The van der Waals surface area contributed by atoms with Crippen LogP contribution in [0.4, 0.5) is 5.82 Å². The van der Waals surface area contributed by atoms with Crippen LogP contribution in [0.5, 0.6) is 11.6 Å². The van der Waals surface area contributed by atoms with Crippen LogP contribution in [0.3, 0.4) is 0 Å². The largest absolute Gasteiger partial charge is 0.439 e. The number of nitriles is 1. The van der Waals surface area contributed by atoms with Crippen LogP contribution in [-0.2, 0) is 7.05 Å². The van der Waals surface area contributed by atoms with Crippen molar-refractivity contribution in [2.45, 2.75) is 18.8 Å². The minimum absolute atomic E-state index is 0.435. The molecule has 1 saturated carbocycles. The van der Waals surface area contributed by atoms with Gasteiger partial charge in [-0.2, -0.15) is 10.4 Å². The highest BCUT2D eigenvalue weighted by Gasteiger charge is 2.27. The van der Waals surface area contributed by atoms with Crippen LogP contribution in [0, 0.1) is 11.3 Å². The van der Waals surface area contributed by atoms with E-state index in [2.05, 4.69) is 16.2 Å². The third-order valence-corrected chi connectivity index (χ3v) is 4.22. The van der Waals surface area contributed by atoms with Crippen molar-refractivity contribution < 1.29 is 4.74 Å². The SMILES string of the molecule is Cn1nc(C2CC2)cc1Oc1cc(C#N)ccc1-c1cccc(N)n1. The molecule has 0 aliphatic heterocycles. The molecule has 6 heteroatoms. The van der Waals surface area contributed by atoms with Gasteiger partial charge in [0.1, 0.15) is 11.6 Å². The molecule has 124 valence electrons. The molecule has 2 N–H and O–H groups in total. The number of pyridine rings is 1. The molecule has 0 saturated heterocycles. The number of hydrogen-bond acceptors (Lipinski definition) is 5. The Bertz CT molecular complexity index is 982. The summed E-state index contributed by atoms with van der Waals surface area (Å²) in [5, 5.41) is 13.7. The van der Waals surface area contributed by atoms with Gasteiger partial charge >= 0.3 is 0 Å². The summed E-state index contributed by atoms with van der Waals surface area (Å²) >= 11 is 0. The first-order valence-electron chi connectivity index (χ1n) is 8.13. The lowest BCUT2D eigenvalue weighted by molar-refractivity contribution is 0.432. The molecule has 0 spiro atoms. The van der Waals surface area contributed by atoms with E-state index in [1.54, 1.807) is 22.9 Å². The van der Waals surface area contributed by atoms with Gasteiger partial charge < -0.3 is 10.5 Å². The molecule has 0 radical (unpaired) electrons. The minimum atomic E-state index is 0.435. The van der Waals surface area contributed by atoms with Crippen molar-refractivity contribution in [1.82, 2.24) is 14.8 Å².